The molecule has 1 unspecified atom stereocenters. The maximum absolute atomic E-state index is 12.7. The Hall–Kier alpha value is -2.08. The SMILES string of the molecule is COc1cccc(NC(=O)C[NH+](C)CC(=O)N[C@@H](C)C23CC4CC(CC(C4)C2)C3)c1. The average molecular weight is 415 g/mol. The molecule has 6 nitrogen and oxygen atoms in total. The van der Waals surface area contributed by atoms with Gasteiger partial charge in [-0.2, -0.15) is 0 Å². The van der Waals surface area contributed by atoms with E-state index in [1.807, 2.05) is 25.2 Å². The molecule has 2 atom stereocenters. The maximum Gasteiger partial charge on any atom is 0.279 e. The highest BCUT2D eigenvalue weighted by molar-refractivity contribution is 5.91. The number of methoxy groups -OCH3 is 1. The number of carbonyl (C=O) groups is 2. The van der Waals surface area contributed by atoms with Crippen molar-refractivity contribution in [3.8, 4) is 5.75 Å². The molecule has 2 amide bonds. The van der Waals surface area contributed by atoms with E-state index in [2.05, 4.69) is 17.6 Å². The summed E-state index contributed by atoms with van der Waals surface area (Å²) < 4.78 is 5.19. The van der Waals surface area contributed by atoms with Crippen LogP contribution in [0.2, 0.25) is 0 Å². The first-order valence-electron chi connectivity index (χ1n) is 11.4. The monoisotopic (exact) mass is 414 g/mol. The van der Waals surface area contributed by atoms with Gasteiger partial charge in [0.2, 0.25) is 0 Å². The van der Waals surface area contributed by atoms with E-state index in [-0.39, 0.29) is 24.4 Å². The van der Waals surface area contributed by atoms with Crippen molar-refractivity contribution >= 4 is 17.5 Å². The highest BCUT2D eigenvalue weighted by Crippen LogP contribution is 2.61. The van der Waals surface area contributed by atoms with Crippen LogP contribution in [-0.4, -0.2) is 45.1 Å². The predicted molar refractivity (Wildman–Crippen MR) is 116 cm³/mol. The van der Waals surface area contributed by atoms with Gasteiger partial charge < -0.3 is 20.3 Å². The van der Waals surface area contributed by atoms with Crippen LogP contribution in [-0.2, 0) is 9.59 Å². The zero-order valence-corrected chi connectivity index (χ0v) is 18.5. The van der Waals surface area contributed by atoms with Crippen LogP contribution in [0.25, 0.3) is 0 Å². The predicted octanol–water partition coefficient (Wildman–Crippen LogP) is 1.87. The summed E-state index contributed by atoms with van der Waals surface area (Å²) in [6.45, 7) is 2.76. The van der Waals surface area contributed by atoms with Crippen molar-refractivity contribution in [2.75, 3.05) is 32.6 Å². The minimum atomic E-state index is -0.109. The lowest BCUT2D eigenvalue weighted by atomic mass is 9.48. The molecule has 0 spiro atoms. The van der Waals surface area contributed by atoms with Gasteiger partial charge in [-0.15, -0.1) is 0 Å². The number of carbonyl (C=O) groups excluding carboxylic acids is 2. The average Bonchev–Trinajstić information content (AvgIpc) is 2.66. The minimum absolute atomic E-state index is 0.0462. The van der Waals surface area contributed by atoms with Crippen LogP contribution < -0.4 is 20.3 Å². The molecule has 6 heteroatoms. The molecular weight excluding hydrogens is 378 g/mol. The van der Waals surface area contributed by atoms with Crippen molar-refractivity contribution in [1.82, 2.24) is 5.32 Å². The Balaban J connectivity index is 1.25. The highest BCUT2D eigenvalue weighted by Gasteiger charge is 2.53. The van der Waals surface area contributed by atoms with Crippen molar-refractivity contribution < 1.29 is 19.2 Å². The van der Waals surface area contributed by atoms with E-state index in [4.69, 9.17) is 4.74 Å². The number of rotatable bonds is 8. The number of amides is 2. The lowest BCUT2D eigenvalue weighted by molar-refractivity contribution is -0.862. The Bertz CT molecular complexity index is 758. The van der Waals surface area contributed by atoms with Crippen molar-refractivity contribution in [2.45, 2.75) is 51.5 Å². The van der Waals surface area contributed by atoms with E-state index in [1.54, 1.807) is 13.2 Å². The van der Waals surface area contributed by atoms with Crippen LogP contribution in [0, 0.1) is 23.2 Å². The fraction of sp³-hybridized carbons (Fsp3) is 0.667. The van der Waals surface area contributed by atoms with Crippen LogP contribution in [0.15, 0.2) is 24.3 Å². The number of quaternary nitrogens is 1. The largest absolute Gasteiger partial charge is 0.497 e. The van der Waals surface area contributed by atoms with Gasteiger partial charge in [-0.05, 0) is 80.8 Å². The third-order valence-corrected chi connectivity index (χ3v) is 7.66. The number of anilines is 1. The Morgan fingerprint density at radius 1 is 1.10 bits per heavy atom. The molecule has 1 aromatic rings. The summed E-state index contributed by atoms with van der Waals surface area (Å²) in [5, 5.41) is 6.18. The first kappa shape index (κ1) is 21.2. The van der Waals surface area contributed by atoms with Gasteiger partial charge in [0.1, 0.15) is 5.75 Å². The van der Waals surface area contributed by atoms with E-state index >= 15 is 0 Å². The second kappa shape index (κ2) is 8.58. The number of nitrogens with one attached hydrogen (secondary N) is 3. The standard InChI is InChI=1S/C24H35N3O3/c1-16(24-11-17-7-18(12-24)9-19(8-17)13-24)25-22(28)14-27(2)15-23(29)26-20-5-4-6-21(10-20)30-3/h4-6,10,16-19H,7-9,11-15H2,1-3H3,(H,25,28)(H,26,29)/p+1/t16-,17?,18?,19?,24?/m0/s1. The van der Waals surface area contributed by atoms with E-state index in [0.717, 1.165) is 22.7 Å². The van der Waals surface area contributed by atoms with Crippen LogP contribution >= 0.6 is 0 Å². The van der Waals surface area contributed by atoms with Gasteiger partial charge in [0, 0.05) is 17.8 Å². The molecule has 4 fully saturated rings. The fourth-order valence-electron chi connectivity index (χ4n) is 6.67. The highest BCUT2D eigenvalue weighted by atomic mass is 16.5. The normalized spacial score (nSPS) is 31.1. The second-order valence-electron chi connectivity index (χ2n) is 10.2. The molecule has 4 aliphatic rings. The molecular formula is C24H36N3O3+. The molecule has 0 heterocycles. The Morgan fingerprint density at radius 2 is 1.70 bits per heavy atom. The first-order valence-corrected chi connectivity index (χ1v) is 11.4. The quantitative estimate of drug-likeness (QED) is 0.608. The van der Waals surface area contributed by atoms with Gasteiger partial charge in [0.05, 0.1) is 14.2 Å². The molecule has 164 valence electrons. The van der Waals surface area contributed by atoms with Crippen LogP contribution in [0.3, 0.4) is 0 Å². The molecule has 0 saturated heterocycles. The fourth-order valence-corrected chi connectivity index (χ4v) is 6.67. The third-order valence-electron chi connectivity index (χ3n) is 7.66. The number of likely N-dealkylation sites (N-methyl/N-ethyl adjacent to an activating group) is 1. The third kappa shape index (κ3) is 4.64. The molecule has 30 heavy (non-hydrogen) atoms. The summed E-state index contributed by atoms with van der Waals surface area (Å²) >= 11 is 0. The summed E-state index contributed by atoms with van der Waals surface area (Å²) in [4.78, 5) is 25.9. The van der Waals surface area contributed by atoms with E-state index in [9.17, 15) is 9.59 Å². The van der Waals surface area contributed by atoms with Crippen molar-refractivity contribution in [3.63, 3.8) is 0 Å². The molecule has 1 aromatic carbocycles. The van der Waals surface area contributed by atoms with Gasteiger partial charge >= 0.3 is 0 Å². The molecule has 3 N–H and O–H groups in total. The number of hydrogen-bond acceptors (Lipinski definition) is 3. The lowest BCUT2D eigenvalue weighted by Crippen LogP contribution is -3.11. The van der Waals surface area contributed by atoms with Crippen molar-refractivity contribution in [2.24, 2.45) is 23.2 Å². The van der Waals surface area contributed by atoms with Crippen molar-refractivity contribution in [3.05, 3.63) is 24.3 Å². The van der Waals surface area contributed by atoms with E-state index in [1.165, 1.54) is 38.5 Å². The van der Waals surface area contributed by atoms with E-state index < -0.39 is 0 Å². The smallest absolute Gasteiger partial charge is 0.279 e. The van der Waals surface area contributed by atoms with Gasteiger partial charge in [0.15, 0.2) is 13.1 Å². The summed E-state index contributed by atoms with van der Waals surface area (Å²) in [7, 11) is 3.49. The summed E-state index contributed by atoms with van der Waals surface area (Å²) in [6, 6.07) is 7.51. The molecule has 5 rings (SSSR count). The van der Waals surface area contributed by atoms with Gasteiger partial charge in [-0.3, -0.25) is 9.59 Å². The first-order chi connectivity index (χ1) is 14.3. The zero-order chi connectivity index (χ0) is 21.3. The summed E-state index contributed by atoms with van der Waals surface area (Å²) in [5.41, 5.74) is 1.01. The Morgan fingerprint density at radius 3 is 2.30 bits per heavy atom. The van der Waals surface area contributed by atoms with Gasteiger partial charge in [0.25, 0.3) is 11.8 Å². The molecule has 4 saturated carbocycles. The number of hydrogen-bond donors (Lipinski definition) is 3. The van der Waals surface area contributed by atoms with Gasteiger partial charge in [-0.25, -0.2) is 0 Å². The molecule has 4 aliphatic carbocycles. The number of ether oxygens (including phenoxy) is 1. The maximum atomic E-state index is 12.7. The van der Waals surface area contributed by atoms with Crippen LogP contribution in [0.5, 0.6) is 5.75 Å². The second-order valence-corrected chi connectivity index (χ2v) is 10.2. The van der Waals surface area contributed by atoms with Crippen LogP contribution in [0.1, 0.15) is 45.4 Å². The molecule has 0 aromatic heterocycles. The molecule has 0 radical (unpaired) electrons. The minimum Gasteiger partial charge on any atom is -0.497 e. The topological polar surface area (TPSA) is 71.9 Å². The lowest BCUT2D eigenvalue weighted by Gasteiger charge is -2.59. The zero-order valence-electron chi connectivity index (χ0n) is 18.5. The summed E-state index contributed by atoms with van der Waals surface area (Å²) in [5.74, 6) is 3.27. The van der Waals surface area contributed by atoms with Crippen molar-refractivity contribution in [1.29, 1.82) is 0 Å². The Kier molecular flexibility index (Phi) is 6.05. The summed E-state index contributed by atoms with van der Waals surface area (Å²) in [6.07, 6.45) is 8.09. The molecule has 4 bridgehead atoms. The Labute approximate surface area is 179 Å². The molecule has 0 aliphatic heterocycles. The van der Waals surface area contributed by atoms with Gasteiger partial charge in [-0.1, -0.05) is 6.07 Å². The van der Waals surface area contributed by atoms with Crippen LogP contribution in [0.4, 0.5) is 5.69 Å². The number of benzene rings is 1. The van der Waals surface area contributed by atoms with E-state index in [0.29, 0.717) is 23.4 Å².